The first-order valence-electron chi connectivity index (χ1n) is 17.0. The molecule has 10 atom stereocenters. The summed E-state index contributed by atoms with van der Waals surface area (Å²) >= 11 is 0. The van der Waals surface area contributed by atoms with E-state index >= 15 is 0 Å². The molecule has 3 aliphatic heterocycles. The minimum atomic E-state index is -1.14. The quantitative estimate of drug-likeness (QED) is 0.113. The van der Waals surface area contributed by atoms with Crippen LogP contribution in [0.5, 0.6) is 0 Å². The zero-order valence-electron chi connectivity index (χ0n) is 28.8. The maximum absolute atomic E-state index is 13.2. The molecule has 0 saturated carbocycles. The van der Waals surface area contributed by atoms with Crippen LogP contribution in [0.3, 0.4) is 0 Å². The summed E-state index contributed by atoms with van der Waals surface area (Å²) in [5.74, 6) is -0.830. The Labute approximate surface area is 275 Å². The van der Waals surface area contributed by atoms with Gasteiger partial charge in [-0.25, -0.2) is 4.79 Å². The number of aliphatic hydroxyl groups excluding tert-OH is 2. The maximum Gasteiger partial charge on any atom is 0.410 e. The van der Waals surface area contributed by atoms with E-state index in [1.807, 2.05) is 53.7 Å². The molecule has 2 fully saturated rings. The number of carbonyl (C=O) groups excluding carboxylic acids is 2. The molecule has 46 heavy (non-hydrogen) atoms. The number of amides is 1. The van der Waals surface area contributed by atoms with Gasteiger partial charge in [-0.3, -0.25) is 4.79 Å². The highest BCUT2D eigenvalue weighted by Crippen LogP contribution is 2.37. The highest BCUT2D eigenvalue weighted by molar-refractivity contribution is 5.70. The van der Waals surface area contributed by atoms with E-state index in [2.05, 4.69) is 5.32 Å². The molecule has 11 nitrogen and oxygen atoms in total. The number of esters is 1. The lowest BCUT2D eigenvalue weighted by atomic mass is 9.88. The van der Waals surface area contributed by atoms with Crippen LogP contribution in [0.25, 0.3) is 0 Å². The summed E-state index contributed by atoms with van der Waals surface area (Å²) in [6, 6.07) is 0. The van der Waals surface area contributed by atoms with Gasteiger partial charge in [0, 0.05) is 51.0 Å². The smallest absolute Gasteiger partial charge is 0.410 e. The molecular weight excluding hydrogens is 592 g/mol. The van der Waals surface area contributed by atoms with Crippen LogP contribution in [-0.2, 0) is 23.7 Å². The van der Waals surface area contributed by atoms with Crippen molar-refractivity contribution in [2.24, 2.45) is 11.8 Å². The van der Waals surface area contributed by atoms with Crippen molar-refractivity contribution < 1.29 is 43.9 Å². The van der Waals surface area contributed by atoms with Gasteiger partial charge in [-0.1, -0.05) is 45.1 Å². The first kappa shape index (κ1) is 38.2. The summed E-state index contributed by atoms with van der Waals surface area (Å²) in [4.78, 5) is 27.8. The van der Waals surface area contributed by atoms with E-state index in [4.69, 9.17) is 18.9 Å². The van der Waals surface area contributed by atoms with Crippen molar-refractivity contribution in [3.63, 3.8) is 0 Å². The largest absolute Gasteiger partial charge is 0.457 e. The fourth-order valence-corrected chi connectivity index (χ4v) is 6.31. The van der Waals surface area contributed by atoms with Crippen molar-refractivity contribution in [3.05, 3.63) is 36.0 Å². The Bertz CT molecular complexity index is 1090. The third kappa shape index (κ3) is 11.2. The van der Waals surface area contributed by atoms with Crippen molar-refractivity contribution >= 4 is 12.1 Å². The zero-order valence-corrected chi connectivity index (χ0v) is 28.8. The van der Waals surface area contributed by atoms with Crippen molar-refractivity contribution in [2.75, 3.05) is 32.8 Å². The lowest BCUT2D eigenvalue weighted by Crippen LogP contribution is -2.50. The van der Waals surface area contributed by atoms with Crippen molar-refractivity contribution in [1.82, 2.24) is 10.2 Å². The standard InChI is InChI=1S/C35H58N2O9/c1-8-27(39)25(5)32-28(44-32)22-34(6,42)15-10-11-23(3)31-24(4)12-13-29(45-33(41)37-19-17-36-18-20-37)35(7,43-9-2)16-14-26(38)21-30(40)46-31/h10-13,15,24-29,31-32,36,38-39,42H,8-9,14,16-22H2,1-7H3/b13-12+,15-10+,23-11+/t24-,25+,26+,27-,28+,29-,31+,32+,34-,35+/m0/s1. The van der Waals surface area contributed by atoms with Crippen LogP contribution in [0.2, 0.25) is 0 Å². The van der Waals surface area contributed by atoms with Crippen LogP contribution in [0, 0.1) is 11.8 Å². The molecule has 0 aromatic carbocycles. The molecule has 11 heteroatoms. The number of cyclic esters (lactones) is 1. The van der Waals surface area contributed by atoms with Crippen LogP contribution >= 0.6 is 0 Å². The topological polar surface area (TPSA) is 150 Å². The molecule has 3 heterocycles. The fourth-order valence-electron chi connectivity index (χ4n) is 6.31. The predicted octanol–water partition coefficient (Wildman–Crippen LogP) is 3.66. The second kappa shape index (κ2) is 17.2. The van der Waals surface area contributed by atoms with E-state index in [-0.39, 0.29) is 36.9 Å². The van der Waals surface area contributed by atoms with Gasteiger partial charge in [0.15, 0.2) is 6.10 Å². The van der Waals surface area contributed by atoms with E-state index in [1.165, 1.54) is 0 Å². The molecule has 1 amide bonds. The Morgan fingerprint density at radius 1 is 1.28 bits per heavy atom. The van der Waals surface area contributed by atoms with Gasteiger partial charge >= 0.3 is 12.1 Å². The average molecular weight is 651 g/mol. The highest BCUT2D eigenvalue weighted by atomic mass is 16.6. The number of nitrogens with zero attached hydrogens (tertiary/aromatic N) is 1. The SMILES string of the molecule is CCO[C@]1(C)CC[C@@H](O)CC(=O)O[C@H](/C(C)=C/C=C/[C@](C)(O)C[C@H]2O[C@@H]2[C@H](C)[C@@H](O)CC)[C@@H](C)/C=C/[C@@H]1OC(=O)N1CCNCC1. The van der Waals surface area contributed by atoms with Crippen LogP contribution in [0.4, 0.5) is 4.79 Å². The lowest BCUT2D eigenvalue weighted by molar-refractivity contribution is -0.152. The van der Waals surface area contributed by atoms with Gasteiger partial charge in [0.2, 0.25) is 0 Å². The molecule has 0 aliphatic carbocycles. The molecule has 0 aromatic heterocycles. The van der Waals surface area contributed by atoms with Crippen LogP contribution in [0.1, 0.15) is 80.6 Å². The molecule has 3 rings (SSSR count). The Balaban J connectivity index is 1.79. The number of carbonyl (C=O) groups is 2. The molecule has 0 bridgehead atoms. The monoisotopic (exact) mass is 650 g/mol. The van der Waals surface area contributed by atoms with Gasteiger partial charge in [0.1, 0.15) is 11.7 Å². The van der Waals surface area contributed by atoms with Crippen LogP contribution in [-0.4, -0.2) is 113 Å². The minimum Gasteiger partial charge on any atom is -0.457 e. The predicted molar refractivity (Wildman–Crippen MR) is 175 cm³/mol. The zero-order chi connectivity index (χ0) is 34.1. The number of allylic oxidation sites excluding steroid dienone is 2. The fraction of sp³-hybridized carbons (Fsp3) is 0.771. The minimum absolute atomic E-state index is 0.00245. The highest BCUT2D eigenvalue weighted by Gasteiger charge is 2.47. The van der Waals surface area contributed by atoms with E-state index in [9.17, 15) is 24.9 Å². The van der Waals surface area contributed by atoms with Gasteiger partial charge in [0.25, 0.3) is 0 Å². The number of aliphatic hydroxyl groups is 3. The Morgan fingerprint density at radius 3 is 2.63 bits per heavy atom. The summed E-state index contributed by atoms with van der Waals surface area (Å²) < 4.78 is 23.9. The van der Waals surface area contributed by atoms with Crippen molar-refractivity contribution in [3.8, 4) is 0 Å². The number of piperazine rings is 1. The van der Waals surface area contributed by atoms with E-state index in [0.717, 1.165) is 5.57 Å². The molecule has 4 N–H and O–H groups in total. The second-order valence-electron chi connectivity index (χ2n) is 13.6. The number of rotatable bonds is 11. The summed E-state index contributed by atoms with van der Waals surface area (Å²) in [6.07, 6.45) is 7.02. The van der Waals surface area contributed by atoms with Crippen LogP contribution < -0.4 is 5.32 Å². The van der Waals surface area contributed by atoms with Crippen LogP contribution in [0.15, 0.2) is 36.0 Å². The molecule has 0 unspecified atom stereocenters. The lowest BCUT2D eigenvalue weighted by Gasteiger charge is -2.38. The number of hydrogen-bond donors (Lipinski definition) is 4. The van der Waals surface area contributed by atoms with Crippen molar-refractivity contribution in [2.45, 2.75) is 128 Å². The summed E-state index contributed by atoms with van der Waals surface area (Å²) in [6.45, 7) is 16.0. The molecule has 262 valence electrons. The number of nitrogens with one attached hydrogen (secondary N) is 1. The number of ether oxygens (including phenoxy) is 4. The Kier molecular flexibility index (Phi) is 14.3. The first-order chi connectivity index (χ1) is 21.7. The van der Waals surface area contributed by atoms with Crippen molar-refractivity contribution in [1.29, 1.82) is 0 Å². The third-order valence-corrected chi connectivity index (χ3v) is 9.42. The molecular formula is C35H58N2O9. The summed E-state index contributed by atoms with van der Waals surface area (Å²) in [5, 5.41) is 35.2. The molecule has 0 radical (unpaired) electrons. The van der Waals surface area contributed by atoms with Gasteiger partial charge < -0.3 is 44.5 Å². The van der Waals surface area contributed by atoms with Gasteiger partial charge in [0.05, 0.1) is 36.4 Å². The summed E-state index contributed by atoms with van der Waals surface area (Å²) in [7, 11) is 0. The third-order valence-electron chi connectivity index (χ3n) is 9.42. The van der Waals surface area contributed by atoms with E-state index in [0.29, 0.717) is 52.0 Å². The molecule has 0 aromatic rings. The molecule has 2 saturated heterocycles. The average Bonchev–Trinajstić information content (AvgIpc) is 3.77. The molecule has 0 spiro atoms. The molecule has 3 aliphatic rings. The van der Waals surface area contributed by atoms with E-state index in [1.54, 1.807) is 30.1 Å². The second-order valence-corrected chi connectivity index (χ2v) is 13.6. The Morgan fingerprint density at radius 2 is 1.98 bits per heavy atom. The normalized spacial score (nSPS) is 34.9. The summed E-state index contributed by atoms with van der Waals surface area (Å²) in [5.41, 5.74) is -1.33. The first-order valence-corrected chi connectivity index (χ1v) is 17.0. The maximum atomic E-state index is 13.2. The van der Waals surface area contributed by atoms with Gasteiger partial charge in [-0.05, 0) is 58.6 Å². The van der Waals surface area contributed by atoms with Gasteiger partial charge in [-0.2, -0.15) is 0 Å². The van der Waals surface area contributed by atoms with E-state index < -0.39 is 47.7 Å². The number of hydrogen-bond acceptors (Lipinski definition) is 10. The number of epoxide rings is 1. The Hall–Kier alpha value is -2.28. The van der Waals surface area contributed by atoms with Gasteiger partial charge in [-0.15, -0.1) is 0 Å².